The summed E-state index contributed by atoms with van der Waals surface area (Å²) in [5.41, 5.74) is 1.64. The van der Waals surface area contributed by atoms with Crippen LogP contribution in [0.1, 0.15) is 19.6 Å². The molecule has 1 aliphatic rings. The van der Waals surface area contributed by atoms with Crippen molar-refractivity contribution >= 4 is 22.6 Å². The van der Waals surface area contributed by atoms with Crippen molar-refractivity contribution in [2.75, 3.05) is 45.2 Å². The van der Waals surface area contributed by atoms with Gasteiger partial charge in [-0.25, -0.2) is 4.98 Å². The lowest BCUT2D eigenvalue weighted by Gasteiger charge is -2.39. The van der Waals surface area contributed by atoms with Crippen molar-refractivity contribution in [3.05, 3.63) is 66.9 Å². The van der Waals surface area contributed by atoms with Gasteiger partial charge in [-0.05, 0) is 38.1 Å². The van der Waals surface area contributed by atoms with E-state index in [0.29, 0.717) is 29.3 Å². The summed E-state index contributed by atoms with van der Waals surface area (Å²) in [5.74, 6) is 1.51. The summed E-state index contributed by atoms with van der Waals surface area (Å²) in [6.07, 6.45) is 1.55. The van der Waals surface area contributed by atoms with E-state index in [4.69, 9.17) is 13.6 Å². The van der Waals surface area contributed by atoms with Crippen molar-refractivity contribution in [3.8, 4) is 17.1 Å². The molecule has 2 aromatic carbocycles. The average Bonchev–Trinajstić information content (AvgIpc) is 3.59. The number of nitrogens with one attached hydrogen (secondary N) is 2. The quantitative estimate of drug-likeness (QED) is 0.263. The zero-order chi connectivity index (χ0) is 27.4. The zero-order valence-corrected chi connectivity index (χ0v) is 22.5. The Labute approximate surface area is 227 Å². The molecule has 0 saturated carbocycles. The second-order valence-corrected chi connectivity index (χ2v) is 10.5. The SMILES string of the molecule is COc1cc(NC(=O)C(O)NC(C)(C)CN2CCN(Cc3cc4ccccc4o3)CC2)ccc1-c1cnco1. The molecule has 1 saturated heterocycles. The van der Waals surface area contributed by atoms with E-state index in [9.17, 15) is 9.90 Å². The molecule has 2 aromatic heterocycles. The summed E-state index contributed by atoms with van der Waals surface area (Å²) < 4.78 is 16.8. The maximum absolute atomic E-state index is 12.8. The fourth-order valence-corrected chi connectivity index (χ4v) is 5.01. The lowest BCUT2D eigenvalue weighted by molar-refractivity contribution is -0.126. The van der Waals surface area contributed by atoms with E-state index in [0.717, 1.165) is 49.5 Å². The van der Waals surface area contributed by atoms with Gasteiger partial charge in [0, 0.05) is 55.4 Å². The summed E-state index contributed by atoms with van der Waals surface area (Å²) in [5, 5.41) is 17.6. The monoisotopic (exact) mass is 533 g/mol. The van der Waals surface area contributed by atoms with Gasteiger partial charge in [-0.1, -0.05) is 18.2 Å². The van der Waals surface area contributed by atoms with Gasteiger partial charge in [0.15, 0.2) is 18.4 Å². The third-order valence-electron chi connectivity index (χ3n) is 6.88. The van der Waals surface area contributed by atoms with Crippen LogP contribution in [0.2, 0.25) is 0 Å². The summed E-state index contributed by atoms with van der Waals surface area (Å²) in [7, 11) is 1.54. The molecule has 10 heteroatoms. The Balaban J connectivity index is 1.10. The molecule has 1 aliphatic heterocycles. The van der Waals surface area contributed by atoms with Crippen LogP contribution in [-0.4, -0.2) is 77.4 Å². The van der Waals surface area contributed by atoms with E-state index in [1.807, 2.05) is 32.0 Å². The normalized spacial score (nSPS) is 15.9. The molecule has 0 radical (unpaired) electrons. The first-order valence-corrected chi connectivity index (χ1v) is 13.1. The van der Waals surface area contributed by atoms with Crippen LogP contribution in [0.15, 0.2) is 70.0 Å². The van der Waals surface area contributed by atoms with Gasteiger partial charge in [-0.2, -0.15) is 0 Å². The number of aliphatic hydroxyl groups excluding tert-OH is 1. The molecule has 10 nitrogen and oxygen atoms in total. The molecule has 4 aromatic rings. The lowest BCUT2D eigenvalue weighted by Crippen LogP contribution is -2.58. The number of benzene rings is 2. The number of piperazine rings is 1. The number of nitrogens with zero attached hydrogens (tertiary/aromatic N) is 3. The largest absolute Gasteiger partial charge is 0.496 e. The molecule has 1 amide bonds. The van der Waals surface area contributed by atoms with Crippen molar-refractivity contribution in [2.45, 2.75) is 32.2 Å². The van der Waals surface area contributed by atoms with E-state index >= 15 is 0 Å². The van der Waals surface area contributed by atoms with Gasteiger partial charge in [0.1, 0.15) is 17.1 Å². The molecule has 1 atom stereocenters. The smallest absolute Gasteiger partial charge is 0.268 e. The molecule has 206 valence electrons. The van der Waals surface area contributed by atoms with Crippen molar-refractivity contribution < 1.29 is 23.5 Å². The van der Waals surface area contributed by atoms with Crippen molar-refractivity contribution in [1.82, 2.24) is 20.1 Å². The van der Waals surface area contributed by atoms with Crippen molar-refractivity contribution in [2.24, 2.45) is 0 Å². The number of hydrogen-bond acceptors (Lipinski definition) is 9. The topological polar surface area (TPSA) is 116 Å². The maximum atomic E-state index is 12.8. The Morgan fingerprint density at radius 1 is 1.13 bits per heavy atom. The van der Waals surface area contributed by atoms with Crippen molar-refractivity contribution in [1.29, 1.82) is 0 Å². The zero-order valence-electron chi connectivity index (χ0n) is 22.5. The van der Waals surface area contributed by atoms with Gasteiger partial charge in [0.2, 0.25) is 0 Å². The Morgan fingerprint density at radius 3 is 2.62 bits per heavy atom. The van der Waals surface area contributed by atoms with Gasteiger partial charge in [-0.3, -0.25) is 19.9 Å². The first-order chi connectivity index (χ1) is 18.8. The van der Waals surface area contributed by atoms with E-state index in [1.165, 1.54) is 6.39 Å². The predicted molar refractivity (Wildman–Crippen MR) is 148 cm³/mol. The summed E-state index contributed by atoms with van der Waals surface area (Å²) in [4.78, 5) is 21.4. The number of hydrogen-bond donors (Lipinski definition) is 3. The number of para-hydroxylation sites is 1. The van der Waals surface area contributed by atoms with Crippen LogP contribution in [0.4, 0.5) is 5.69 Å². The first kappa shape index (κ1) is 26.9. The number of furan rings is 1. The molecule has 5 rings (SSSR count). The van der Waals surface area contributed by atoms with E-state index < -0.39 is 17.7 Å². The third-order valence-corrected chi connectivity index (χ3v) is 6.88. The minimum absolute atomic E-state index is 0.495. The standard InChI is InChI=1S/C29H35N5O5/c1-29(2,18-34-12-10-33(11-13-34)17-22-14-20-6-4-5-7-24(20)39-22)32-28(36)27(35)31-21-8-9-23(25(15-21)37-3)26-16-30-19-38-26/h4-9,14-16,19,28,32,36H,10-13,17-18H2,1-3H3,(H,31,35). The molecule has 3 N–H and O–H groups in total. The molecule has 1 unspecified atom stereocenters. The van der Waals surface area contributed by atoms with E-state index in [2.05, 4.69) is 37.6 Å². The number of carbonyl (C=O) groups excluding carboxylic acids is 1. The minimum atomic E-state index is -1.38. The number of ether oxygens (including phenoxy) is 1. The van der Waals surface area contributed by atoms with Crippen LogP contribution >= 0.6 is 0 Å². The maximum Gasteiger partial charge on any atom is 0.268 e. The molecular formula is C29H35N5O5. The van der Waals surface area contributed by atoms with E-state index in [-0.39, 0.29) is 0 Å². The van der Waals surface area contributed by atoms with Gasteiger partial charge in [-0.15, -0.1) is 0 Å². The molecule has 0 aliphatic carbocycles. The summed E-state index contributed by atoms with van der Waals surface area (Å²) in [6, 6.07) is 15.4. The number of fused-ring (bicyclic) bond motifs is 1. The average molecular weight is 534 g/mol. The Bertz CT molecular complexity index is 1360. The molecule has 39 heavy (non-hydrogen) atoms. The second-order valence-electron chi connectivity index (χ2n) is 10.5. The fourth-order valence-electron chi connectivity index (χ4n) is 5.01. The number of oxazole rings is 1. The Kier molecular flexibility index (Phi) is 7.99. The highest BCUT2D eigenvalue weighted by Crippen LogP contribution is 2.32. The number of aliphatic hydroxyl groups is 1. The van der Waals surface area contributed by atoms with Crippen LogP contribution in [0, 0.1) is 0 Å². The van der Waals surface area contributed by atoms with Crippen LogP contribution in [0.25, 0.3) is 22.3 Å². The minimum Gasteiger partial charge on any atom is -0.496 e. The van der Waals surface area contributed by atoms with Crippen LogP contribution in [0.5, 0.6) is 5.75 Å². The third kappa shape index (κ3) is 6.66. The van der Waals surface area contributed by atoms with Gasteiger partial charge in [0.25, 0.3) is 5.91 Å². The van der Waals surface area contributed by atoms with Gasteiger partial charge < -0.3 is 24.0 Å². The van der Waals surface area contributed by atoms with Crippen LogP contribution < -0.4 is 15.4 Å². The van der Waals surface area contributed by atoms with Crippen LogP contribution in [-0.2, 0) is 11.3 Å². The Morgan fingerprint density at radius 2 is 1.90 bits per heavy atom. The first-order valence-electron chi connectivity index (χ1n) is 13.1. The number of methoxy groups -OCH3 is 1. The van der Waals surface area contributed by atoms with Gasteiger partial charge >= 0.3 is 0 Å². The summed E-state index contributed by atoms with van der Waals surface area (Å²) >= 11 is 0. The molecule has 3 heterocycles. The Hall–Kier alpha value is -3.70. The number of rotatable bonds is 10. The number of carbonyl (C=O) groups is 1. The molecule has 1 fully saturated rings. The van der Waals surface area contributed by atoms with Gasteiger partial charge in [0.05, 0.1) is 25.4 Å². The second kappa shape index (κ2) is 11.6. The highest BCUT2D eigenvalue weighted by molar-refractivity contribution is 5.94. The fraction of sp³-hybridized carbons (Fsp3) is 0.379. The highest BCUT2D eigenvalue weighted by Gasteiger charge is 2.29. The highest BCUT2D eigenvalue weighted by atomic mass is 16.5. The predicted octanol–water partition coefficient (Wildman–Crippen LogP) is 3.54. The summed E-state index contributed by atoms with van der Waals surface area (Å²) in [6.45, 7) is 9.07. The van der Waals surface area contributed by atoms with Crippen LogP contribution in [0.3, 0.4) is 0 Å². The van der Waals surface area contributed by atoms with E-state index in [1.54, 1.807) is 31.5 Å². The number of anilines is 1. The lowest BCUT2D eigenvalue weighted by atomic mass is 10.0. The number of amides is 1. The molecule has 0 spiro atoms. The molecule has 0 bridgehead atoms. The van der Waals surface area contributed by atoms with Crippen molar-refractivity contribution in [3.63, 3.8) is 0 Å². The molecular weight excluding hydrogens is 498 g/mol. The number of aromatic nitrogens is 1.